The number of fused-ring (bicyclic) bond motifs is 2. The van der Waals surface area contributed by atoms with E-state index in [0.29, 0.717) is 24.5 Å². The maximum absolute atomic E-state index is 13.2. The molecule has 2 aliphatic rings. The number of carboxylic acids is 1. The van der Waals surface area contributed by atoms with Gasteiger partial charge in [-0.25, -0.2) is 9.78 Å². The molecule has 0 amide bonds. The van der Waals surface area contributed by atoms with Crippen LogP contribution in [0.5, 0.6) is 5.75 Å². The standard InChI is InChI=1S/C31H29FN2O5/c1-19-26(33-30(38-19)31(2)15-21-5-3-4-6-22(21)16-31)18-37-25-8-7-20-14-27(29(35)36)34(17-23(20)13-25)12-11-24-9-10-28(32)39-24/h3-13,27H,14-18H2,1-2H3,(H,35,36)/b12-11+/t27-/m0/s1. The highest BCUT2D eigenvalue weighted by Crippen LogP contribution is 2.39. The van der Waals surface area contributed by atoms with Crippen LogP contribution in [0, 0.1) is 12.9 Å². The van der Waals surface area contributed by atoms with Gasteiger partial charge in [-0.3, -0.25) is 0 Å². The molecule has 4 aromatic rings. The van der Waals surface area contributed by atoms with E-state index >= 15 is 0 Å². The van der Waals surface area contributed by atoms with Gasteiger partial charge in [-0.2, -0.15) is 4.39 Å². The van der Waals surface area contributed by atoms with E-state index in [1.807, 2.05) is 25.1 Å². The molecule has 1 aliphatic heterocycles. The zero-order chi connectivity index (χ0) is 27.1. The molecule has 1 N–H and O–H groups in total. The van der Waals surface area contributed by atoms with Crippen molar-refractivity contribution in [1.82, 2.24) is 9.88 Å². The molecule has 3 heterocycles. The third-order valence-corrected chi connectivity index (χ3v) is 7.72. The van der Waals surface area contributed by atoms with Crippen molar-refractivity contribution < 1.29 is 27.9 Å². The number of aryl methyl sites for hydroxylation is 1. The minimum Gasteiger partial charge on any atom is -0.487 e. The lowest BCUT2D eigenvalue weighted by molar-refractivity contribution is -0.142. The molecule has 0 fully saturated rings. The summed E-state index contributed by atoms with van der Waals surface area (Å²) in [6.45, 7) is 4.74. The molecule has 0 spiro atoms. The topological polar surface area (TPSA) is 88.9 Å². The van der Waals surface area contributed by atoms with E-state index in [2.05, 4.69) is 31.2 Å². The third kappa shape index (κ3) is 4.94. The molecule has 7 nitrogen and oxygen atoms in total. The Morgan fingerprint density at radius 2 is 1.90 bits per heavy atom. The molecule has 0 saturated heterocycles. The van der Waals surface area contributed by atoms with Crippen LogP contribution in [-0.2, 0) is 42.6 Å². The summed E-state index contributed by atoms with van der Waals surface area (Å²) in [6, 6.07) is 15.5. The highest BCUT2D eigenvalue weighted by molar-refractivity contribution is 5.75. The van der Waals surface area contributed by atoms with E-state index in [0.717, 1.165) is 41.3 Å². The average Bonchev–Trinajstić information content (AvgIpc) is 3.61. The number of carbonyl (C=O) groups is 1. The van der Waals surface area contributed by atoms with Crippen molar-refractivity contribution in [2.24, 2.45) is 0 Å². The first kappa shape index (κ1) is 25.0. The maximum atomic E-state index is 13.2. The lowest BCUT2D eigenvalue weighted by Gasteiger charge is -2.33. The van der Waals surface area contributed by atoms with Gasteiger partial charge in [-0.15, -0.1) is 0 Å². The first-order chi connectivity index (χ1) is 18.8. The van der Waals surface area contributed by atoms with Crippen LogP contribution in [0.3, 0.4) is 0 Å². The smallest absolute Gasteiger partial charge is 0.326 e. The number of rotatable bonds is 7. The van der Waals surface area contributed by atoms with Gasteiger partial charge in [0.2, 0.25) is 5.89 Å². The van der Waals surface area contributed by atoms with E-state index in [-0.39, 0.29) is 12.0 Å². The Kier molecular flexibility index (Phi) is 6.25. The largest absolute Gasteiger partial charge is 0.487 e. The molecule has 0 unspecified atom stereocenters. The minimum atomic E-state index is -0.924. The lowest BCUT2D eigenvalue weighted by atomic mass is 9.87. The van der Waals surface area contributed by atoms with Gasteiger partial charge in [-0.1, -0.05) is 37.3 Å². The predicted molar refractivity (Wildman–Crippen MR) is 142 cm³/mol. The van der Waals surface area contributed by atoms with Gasteiger partial charge in [0, 0.05) is 25.2 Å². The molecule has 2 aromatic heterocycles. The summed E-state index contributed by atoms with van der Waals surface area (Å²) in [5.41, 5.74) is 5.19. The number of hydrogen-bond donors (Lipinski definition) is 1. The van der Waals surface area contributed by atoms with E-state index in [4.69, 9.17) is 18.6 Å². The minimum absolute atomic E-state index is 0.183. The van der Waals surface area contributed by atoms with Crippen molar-refractivity contribution in [2.45, 2.75) is 57.7 Å². The SMILES string of the molecule is Cc1oc(C2(C)Cc3ccccc3C2)nc1COc1ccc2c(c1)CN(/C=C/c1ccc(F)o1)[C@H](C(=O)O)C2. The molecule has 200 valence electrons. The van der Waals surface area contributed by atoms with Gasteiger partial charge in [0.25, 0.3) is 6.01 Å². The molecule has 1 aliphatic carbocycles. The molecule has 1 atom stereocenters. The molecule has 8 heteroatoms. The lowest BCUT2D eigenvalue weighted by Crippen LogP contribution is -2.42. The second-order valence-corrected chi connectivity index (χ2v) is 10.6. The van der Waals surface area contributed by atoms with Crippen LogP contribution in [0.25, 0.3) is 6.08 Å². The van der Waals surface area contributed by atoms with Crippen molar-refractivity contribution in [1.29, 1.82) is 0 Å². The van der Waals surface area contributed by atoms with E-state index in [9.17, 15) is 14.3 Å². The van der Waals surface area contributed by atoms with E-state index in [1.54, 1.807) is 17.2 Å². The second-order valence-electron chi connectivity index (χ2n) is 10.6. The first-order valence-electron chi connectivity index (χ1n) is 13.0. The second kappa shape index (κ2) is 9.76. The summed E-state index contributed by atoms with van der Waals surface area (Å²) < 4.78 is 30.4. The molecular formula is C31H29FN2O5. The van der Waals surface area contributed by atoms with Crippen LogP contribution >= 0.6 is 0 Å². The summed E-state index contributed by atoms with van der Waals surface area (Å²) >= 11 is 0. The molecule has 6 rings (SSSR count). The van der Waals surface area contributed by atoms with Crippen molar-refractivity contribution in [3.63, 3.8) is 0 Å². The Balaban J connectivity index is 1.16. The van der Waals surface area contributed by atoms with Crippen LogP contribution in [-0.4, -0.2) is 27.0 Å². The van der Waals surface area contributed by atoms with Gasteiger partial charge in [0.15, 0.2) is 0 Å². The van der Waals surface area contributed by atoms with Crippen LogP contribution in [0.1, 0.15) is 52.3 Å². The number of aliphatic carboxylic acids is 1. The number of carboxylic acid groups (broad SMARTS) is 1. The van der Waals surface area contributed by atoms with Gasteiger partial charge in [0.1, 0.15) is 35.6 Å². The fourth-order valence-electron chi connectivity index (χ4n) is 5.57. The van der Waals surface area contributed by atoms with Crippen molar-refractivity contribution >= 4 is 12.0 Å². The number of oxazole rings is 1. The van der Waals surface area contributed by atoms with Gasteiger partial charge in [0.05, 0.1) is 5.41 Å². The highest BCUT2D eigenvalue weighted by atomic mass is 19.1. The van der Waals surface area contributed by atoms with Crippen LogP contribution in [0.2, 0.25) is 0 Å². The molecule has 0 saturated carbocycles. The number of nitrogens with zero attached hydrogens (tertiary/aromatic N) is 2. The summed E-state index contributed by atoms with van der Waals surface area (Å²) in [5, 5.41) is 9.78. The molecule has 2 aromatic carbocycles. The quantitative estimate of drug-likeness (QED) is 0.323. The number of furan rings is 1. The Morgan fingerprint density at radius 1 is 1.13 bits per heavy atom. The van der Waals surface area contributed by atoms with Gasteiger partial charge >= 0.3 is 5.97 Å². The summed E-state index contributed by atoms with van der Waals surface area (Å²) in [6.07, 6.45) is 5.33. The Morgan fingerprint density at radius 3 is 2.59 bits per heavy atom. The fourth-order valence-corrected chi connectivity index (χ4v) is 5.57. The Labute approximate surface area is 225 Å². The third-order valence-electron chi connectivity index (χ3n) is 7.72. The number of halogens is 1. The summed E-state index contributed by atoms with van der Waals surface area (Å²) in [4.78, 5) is 18.5. The van der Waals surface area contributed by atoms with Gasteiger partial charge < -0.3 is 23.6 Å². The zero-order valence-corrected chi connectivity index (χ0v) is 21.8. The highest BCUT2D eigenvalue weighted by Gasteiger charge is 2.39. The summed E-state index contributed by atoms with van der Waals surface area (Å²) in [7, 11) is 0. The monoisotopic (exact) mass is 528 g/mol. The Hall–Kier alpha value is -4.33. The van der Waals surface area contributed by atoms with Crippen LogP contribution in [0.4, 0.5) is 4.39 Å². The van der Waals surface area contributed by atoms with E-state index in [1.165, 1.54) is 23.3 Å². The van der Waals surface area contributed by atoms with Crippen molar-refractivity contribution in [2.75, 3.05) is 0 Å². The molecule has 0 radical (unpaired) electrons. The number of hydrogen-bond acceptors (Lipinski definition) is 6. The number of ether oxygens (including phenoxy) is 1. The van der Waals surface area contributed by atoms with E-state index < -0.39 is 18.0 Å². The van der Waals surface area contributed by atoms with Crippen molar-refractivity contribution in [3.05, 3.63) is 112 Å². The average molecular weight is 529 g/mol. The van der Waals surface area contributed by atoms with Crippen LogP contribution in [0.15, 0.2) is 69.6 Å². The number of aromatic nitrogens is 1. The molecule has 39 heavy (non-hydrogen) atoms. The van der Waals surface area contributed by atoms with Gasteiger partial charge in [-0.05, 0) is 66.3 Å². The Bertz CT molecular complexity index is 1540. The maximum Gasteiger partial charge on any atom is 0.326 e. The summed E-state index contributed by atoms with van der Waals surface area (Å²) in [5.74, 6) is 1.54. The molecule has 0 bridgehead atoms. The van der Waals surface area contributed by atoms with Crippen LogP contribution < -0.4 is 4.74 Å². The first-order valence-corrected chi connectivity index (χ1v) is 13.0. The van der Waals surface area contributed by atoms with Crippen molar-refractivity contribution in [3.8, 4) is 5.75 Å². The zero-order valence-electron chi connectivity index (χ0n) is 21.8. The predicted octanol–water partition coefficient (Wildman–Crippen LogP) is 5.83. The molecular weight excluding hydrogens is 499 g/mol. The number of benzene rings is 2. The fraction of sp³-hybridized carbons (Fsp3) is 0.290. The normalized spacial score (nSPS) is 17.8.